The van der Waals surface area contributed by atoms with Crippen LogP contribution in [0.4, 0.5) is 15.2 Å². The highest BCUT2D eigenvalue weighted by Gasteiger charge is 2.15. The van der Waals surface area contributed by atoms with Crippen molar-refractivity contribution in [2.45, 2.75) is 13.8 Å². The number of para-hydroxylation sites is 1. The Balaban J connectivity index is 1.78. The van der Waals surface area contributed by atoms with E-state index in [0.29, 0.717) is 34.4 Å². The summed E-state index contributed by atoms with van der Waals surface area (Å²) < 4.78 is 19.8. The van der Waals surface area contributed by atoms with Crippen LogP contribution in [-0.2, 0) is 4.79 Å². The lowest BCUT2D eigenvalue weighted by Gasteiger charge is -2.09. The summed E-state index contributed by atoms with van der Waals surface area (Å²) in [6.07, 6.45) is 0. The number of ether oxygens (including phenoxy) is 1. The minimum atomic E-state index is -0.517. The fourth-order valence-electron chi connectivity index (χ4n) is 2.56. The van der Waals surface area contributed by atoms with Crippen LogP contribution in [0.5, 0.6) is 5.75 Å². The Morgan fingerprint density at radius 1 is 1.18 bits per heavy atom. The number of rotatable bonds is 6. The van der Waals surface area contributed by atoms with Crippen LogP contribution < -0.4 is 15.4 Å². The molecule has 0 aliphatic carbocycles. The van der Waals surface area contributed by atoms with Gasteiger partial charge in [0.2, 0.25) is 5.91 Å². The lowest BCUT2D eigenvalue weighted by molar-refractivity contribution is -0.114. The number of aromatic nitrogens is 1. The second-order valence-corrected chi connectivity index (χ2v) is 6.66. The van der Waals surface area contributed by atoms with Crippen molar-refractivity contribution < 1.29 is 18.7 Å². The molecule has 0 fully saturated rings. The van der Waals surface area contributed by atoms with Crippen LogP contribution in [0.2, 0.25) is 0 Å². The van der Waals surface area contributed by atoms with Gasteiger partial charge in [-0.3, -0.25) is 14.9 Å². The molecule has 8 heteroatoms. The first-order chi connectivity index (χ1) is 13.5. The summed E-state index contributed by atoms with van der Waals surface area (Å²) in [5.74, 6) is -0.667. The summed E-state index contributed by atoms with van der Waals surface area (Å²) in [5, 5.41) is 7.23. The molecule has 0 aliphatic heterocycles. The Morgan fingerprint density at radius 2 is 1.96 bits per heavy atom. The van der Waals surface area contributed by atoms with E-state index in [1.165, 1.54) is 30.4 Å². The molecule has 0 saturated carbocycles. The smallest absolute Gasteiger partial charge is 0.261 e. The third-order valence-electron chi connectivity index (χ3n) is 3.72. The van der Waals surface area contributed by atoms with Crippen LogP contribution in [0, 0.1) is 5.82 Å². The summed E-state index contributed by atoms with van der Waals surface area (Å²) in [6, 6.07) is 11.3. The Morgan fingerprint density at radius 3 is 2.68 bits per heavy atom. The summed E-state index contributed by atoms with van der Waals surface area (Å²) in [6.45, 7) is 3.64. The number of amides is 2. The van der Waals surface area contributed by atoms with Gasteiger partial charge in [0, 0.05) is 23.6 Å². The zero-order chi connectivity index (χ0) is 20.1. The normalized spacial score (nSPS) is 10.4. The predicted octanol–water partition coefficient (Wildman–Crippen LogP) is 4.56. The molecule has 0 unspecified atom stereocenters. The van der Waals surface area contributed by atoms with Crippen molar-refractivity contribution in [3.8, 4) is 17.0 Å². The summed E-state index contributed by atoms with van der Waals surface area (Å²) >= 11 is 1.19. The van der Waals surface area contributed by atoms with Crippen LogP contribution in [0.3, 0.4) is 0 Å². The van der Waals surface area contributed by atoms with Gasteiger partial charge in [-0.2, -0.15) is 0 Å². The largest absolute Gasteiger partial charge is 0.493 e. The van der Waals surface area contributed by atoms with Gasteiger partial charge in [-0.05, 0) is 37.3 Å². The van der Waals surface area contributed by atoms with Gasteiger partial charge in [0.1, 0.15) is 11.6 Å². The van der Waals surface area contributed by atoms with Crippen molar-refractivity contribution in [2.75, 3.05) is 17.2 Å². The van der Waals surface area contributed by atoms with Gasteiger partial charge in [-0.15, -0.1) is 11.3 Å². The van der Waals surface area contributed by atoms with Crippen LogP contribution in [0.25, 0.3) is 11.3 Å². The predicted molar refractivity (Wildman–Crippen MR) is 107 cm³/mol. The van der Waals surface area contributed by atoms with Crippen molar-refractivity contribution in [2.24, 2.45) is 0 Å². The van der Waals surface area contributed by atoms with E-state index >= 15 is 0 Å². The van der Waals surface area contributed by atoms with Gasteiger partial charge in [0.05, 0.1) is 17.9 Å². The Labute approximate surface area is 165 Å². The van der Waals surface area contributed by atoms with Gasteiger partial charge in [0.15, 0.2) is 5.13 Å². The topological polar surface area (TPSA) is 80.3 Å². The number of thiazole rings is 1. The quantitative estimate of drug-likeness (QED) is 0.637. The maximum absolute atomic E-state index is 14.4. The monoisotopic (exact) mass is 399 g/mol. The van der Waals surface area contributed by atoms with Crippen molar-refractivity contribution in [3.63, 3.8) is 0 Å². The lowest BCUT2D eigenvalue weighted by Crippen LogP contribution is -2.13. The van der Waals surface area contributed by atoms with Gasteiger partial charge in [-0.25, -0.2) is 9.37 Å². The van der Waals surface area contributed by atoms with Crippen LogP contribution in [-0.4, -0.2) is 23.4 Å². The summed E-state index contributed by atoms with van der Waals surface area (Å²) in [5.41, 5.74) is 1.43. The first-order valence-electron chi connectivity index (χ1n) is 8.54. The zero-order valence-corrected chi connectivity index (χ0v) is 16.1. The molecule has 2 N–H and O–H groups in total. The molecule has 3 rings (SSSR count). The molecular weight excluding hydrogens is 381 g/mol. The molecule has 0 saturated heterocycles. The number of nitrogens with zero attached hydrogens (tertiary/aromatic N) is 1. The maximum Gasteiger partial charge on any atom is 0.261 e. The van der Waals surface area contributed by atoms with E-state index in [2.05, 4.69) is 15.6 Å². The van der Waals surface area contributed by atoms with Crippen LogP contribution >= 0.6 is 11.3 Å². The average Bonchev–Trinajstić information content (AvgIpc) is 3.10. The molecule has 0 radical (unpaired) electrons. The van der Waals surface area contributed by atoms with E-state index in [4.69, 9.17) is 4.74 Å². The van der Waals surface area contributed by atoms with Gasteiger partial charge >= 0.3 is 0 Å². The van der Waals surface area contributed by atoms with Gasteiger partial charge in [-0.1, -0.05) is 12.1 Å². The number of hydrogen-bond acceptors (Lipinski definition) is 5. The molecule has 28 heavy (non-hydrogen) atoms. The Kier molecular flexibility index (Phi) is 6.00. The standard InChI is InChI=1S/C20H18FN3O3S/c1-3-27-18-7-5-4-6-15(18)19(26)24-20-23-17(11-28-20)14-9-8-13(10-16(14)21)22-12(2)25/h4-11H,3H2,1-2H3,(H,22,25)(H,23,24,26). The minimum absolute atomic E-state index is 0.278. The number of carbonyl (C=O) groups excluding carboxylic acids is 2. The average molecular weight is 399 g/mol. The summed E-state index contributed by atoms with van der Waals surface area (Å²) in [4.78, 5) is 27.9. The first-order valence-corrected chi connectivity index (χ1v) is 9.42. The van der Waals surface area contributed by atoms with Crippen molar-refractivity contribution in [3.05, 3.63) is 59.2 Å². The number of nitrogens with one attached hydrogen (secondary N) is 2. The van der Waals surface area contributed by atoms with E-state index in [1.54, 1.807) is 35.7 Å². The molecule has 0 bridgehead atoms. The van der Waals surface area contributed by atoms with Crippen LogP contribution in [0.1, 0.15) is 24.2 Å². The van der Waals surface area contributed by atoms with E-state index < -0.39 is 5.82 Å². The van der Waals surface area contributed by atoms with Crippen molar-refractivity contribution in [1.82, 2.24) is 4.98 Å². The highest BCUT2D eigenvalue weighted by atomic mass is 32.1. The van der Waals surface area contributed by atoms with Gasteiger partial charge in [0.25, 0.3) is 5.91 Å². The molecule has 0 aliphatic rings. The molecular formula is C20H18FN3O3S. The van der Waals surface area contributed by atoms with E-state index in [0.717, 1.165) is 0 Å². The SMILES string of the molecule is CCOc1ccccc1C(=O)Nc1nc(-c2ccc(NC(C)=O)cc2F)cs1. The molecule has 2 amide bonds. The number of anilines is 2. The molecule has 0 spiro atoms. The third-order valence-corrected chi connectivity index (χ3v) is 4.48. The Hall–Kier alpha value is -3.26. The highest BCUT2D eigenvalue weighted by molar-refractivity contribution is 7.14. The number of halogens is 1. The lowest BCUT2D eigenvalue weighted by atomic mass is 10.1. The first kappa shape index (κ1) is 19.5. The molecule has 144 valence electrons. The molecule has 6 nitrogen and oxygen atoms in total. The fraction of sp³-hybridized carbons (Fsp3) is 0.150. The fourth-order valence-corrected chi connectivity index (χ4v) is 3.26. The molecule has 2 aromatic carbocycles. The number of hydrogen-bond donors (Lipinski definition) is 2. The summed E-state index contributed by atoms with van der Waals surface area (Å²) in [7, 11) is 0. The minimum Gasteiger partial charge on any atom is -0.493 e. The number of benzene rings is 2. The van der Waals surface area contributed by atoms with Crippen molar-refractivity contribution in [1.29, 1.82) is 0 Å². The van der Waals surface area contributed by atoms with E-state index in [1.807, 2.05) is 6.92 Å². The van der Waals surface area contributed by atoms with Crippen molar-refractivity contribution >= 4 is 34.0 Å². The highest BCUT2D eigenvalue weighted by Crippen LogP contribution is 2.29. The second-order valence-electron chi connectivity index (χ2n) is 5.80. The molecule has 1 heterocycles. The molecule has 1 aromatic heterocycles. The number of carbonyl (C=O) groups is 2. The van der Waals surface area contributed by atoms with Crippen LogP contribution in [0.15, 0.2) is 47.8 Å². The second kappa shape index (κ2) is 8.62. The molecule has 3 aromatic rings. The van der Waals surface area contributed by atoms with Gasteiger partial charge < -0.3 is 10.1 Å². The van der Waals surface area contributed by atoms with E-state index in [-0.39, 0.29) is 17.4 Å². The zero-order valence-electron chi connectivity index (χ0n) is 15.3. The maximum atomic E-state index is 14.4. The Bertz CT molecular complexity index is 1020. The molecule has 0 atom stereocenters. The third kappa shape index (κ3) is 4.52. The van der Waals surface area contributed by atoms with E-state index in [9.17, 15) is 14.0 Å².